The third kappa shape index (κ3) is 10.9. The van der Waals surface area contributed by atoms with E-state index in [9.17, 15) is 9.13 Å². The fourth-order valence-corrected chi connectivity index (χ4v) is 6.08. The molecule has 0 aliphatic carbocycles. The van der Waals surface area contributed by atoms with Crippen molar-refractivity contribution in [2.24, 2.45) is 0 Å². The predicted octanol–water partition coefficient (Wildman–Crippen LogP) is 6.89. The lowest BCUT2D eigenvalue weighted by Gasteiger charge is -2.20. The van der Waals surface area contributed by atoms with E-state index < -0.39 is 15.5 Å². The number of hydrogen-bond acceptors (Lipinski definition) is 6. The lowest BCUT2D eigenvalue weighted by Crippen LogP contribution is -2.27. The van der Waals surface area contributed by atoms with Crippen LogP contribution in [0.2, 0.25) is 0 Å². The molecular formula is C25H30Cl2N2O6P2. The summed E-state index contributed by atoms with van der Waals surface area (Å²) >= 11 is 11.4. The number of nitrogens with one attached hydrogen (secondary N) is 2. The molecule has 0 spiro atoms. The fourth-order valence-electron chi connectivity index (χ4n) is 3.01. The fraction of sp³-hybridized carbons (Fsp3) is 0.280. The summed E-state index contributed by atoms with van der Waals surface area (Å²) in [7, 11) is -7.30. The molecule has 0 radical (unpaired) electrons. The highest BCUT2D eigenvalue weighted by Crippen LogP contribution is 2.51. The van der Waals surface area contributed by atoms with Crippen LogP contribution in [0.25, 0.3) is 0 Å². The van der Waals surface area contributed by atoms with Crippen molar-refractivity contribution in [3.8, 4) is 5.75 Å². The van der Waals surface area contributed by atoms with Crippen LogP contribution in [0.5, 0.6) is 5.75 Å². The molecule has 0 aliphatic rings. The Kier molecular flexibility index (Phi) is 12.6. The number of phosphoric ester groups is 1. The molecule has 0 unspecified atom stereocenters. The largest absolute Gasteiger partial charge is 0.530 e. The molecule has 3 rings (SSSR count). The number of benzene rings is 3. The Bertz CT molecular complexity index is 1100. The maximum atomic E-state index is 13.5. The van der Waals surface area contributed by atoms with Gasteiger partial charge >= 0.3 is 15.5 Å². The monoisotopic (exact) mass is 586 g/mol. The number of rotatable bonds is 17. The molecule has 8 nitrogen and oxygen atoms in total. The molecule has 0 heterocycles. The Balaban J connectivity index is 1.65. The summed E-state index contributed by atoms with van der Waals surface area (Å²) in [4.78, 5) is 0. The van der Waals surface area contributed by atoms with Gasteiger partial charge in [0.25, 0.3) is 0 Å². The van der Waals surface area contributed by atoms with Crippen molar-refractivity contribution in [1.29, 1.82) is 0 Å². The molecule has 0 aromatic heterocycles. The maximum absolute atomic E-state index is 13.5. The highest BCUT2D eigenvalue weighted by molar-refractivity contribution is 7.54. The Labute approximate surface area is 227 Å². The highest BCUT2D eigenvalue weighted by atomic mass is 35.5. The number of halogens is 2. The Morgan fingerprint density at radius 1 is 0.595 bits per heavy atom. The second-order valence-corrected chi connectivity index (χ2v) is 12.1. The summed E-state index contributed by atoms with van der Waals surface area (Å²) in [6.07, 6.45) is 0. The molecule has 3 aromatic rings. The SMILES string of the molecule is O=P(NCCCl)(NCCCl)OCc1ccc(OP(=O)(OCc2ccccc2)OCc2ccccc2)cc1. The zero-order valence-corrected chi connectivity index (χ0v) is 23.4. The van der Waals surface area contributed by atoms with Crippen LogP contribution < -0.4 is 14.7 Å². The highest BCUT2D eigenvalue weighted by Gasteiger charge is 2.29. The van der Waals surface area contributed by atoms with Crippen LogP contribution in [0.3, 0.4) is 0 Å². The van der Waals surface area contributed by atoms with Crippen LogP contribution in [-0.2, 0) is 42.5 Å². The quantitative estimate of drug-likeness (QED) is 0.130. The first-order valence-electron chi connectivity index (χ1n) is 11.6. The minimum Gasteiger partial charge on any atom is -0.404 e. The van der Waals surface area contributed by atoms with Crippen LogP contribution in [0.1, 0.15) is 16.7 Å². The average Bonchev–Trinajstić information content (AvgIpc) is 2.94. The molecule has 2 N–H and O–H groups in total. The van der Waals surface area contributed by atoms with E-state index in [1.54, 1.807) is 24.3 Å². The number of alkyl halides is 2. The summed E-state index contributed by atoms with van der Waals surface area (Å²) in [5.74, 6) is 0.846. The van der Waals surface area contributed by atoms with Crippen molar-refractivity contribution < 1.29 is 27.2 Å². The van der Waals surface area contributed by atoms with Gasteiger partial charge in [-0.05, 0) is 28.8 Å². The standard InChI is InChI=1S/C25H30Cl2N2O6P2/c26-15-17-28-36(30,29-18-16-27)32-19-24-11-13-25(14-12-24)35-37(31,33-20-22-7-3-1-4-8-22)34-21-23-9-5-2-6-10-23/h1-14H,15-21H2,(H2,28,29,30). The first-order valence-corrected chi connectivity index (χ1v) is 15.7. The zero-order chi connectivity index (χ0) is 26.4. The number of phosphoric acid groups is 1. The molecule has 0 aliphatic heterocycles. The van der Waals surface area contributed by atoms with E-state index in [1.807, 2.05) is 60.7 Å². The van der Waals surface area contributed by atoms with Crippen molar-refractivity contribution in [3.05, 3.63) is 102 Å². The topological polar surface area (TPSA) is 95.1 Å². The Hall–Kier alpha value is -1.70. The molecule has 200 valence electrons. The van der Waals surface area contributed by atoms with Crippen molar-refractivity contribution in [1.82, 2.24) is 10.2 Å². The van der Waals surface area contributed by atoms with Gasteiger partial charge in [-0.1, -0.05) is 72.8 Å². The lowest BCUT2D eigenvalue weighted by atomic mass is 10.2. The first-order chi connectivity index (χ1) is 17.9. The van der Waals surface area contributed by atoms with E-state index in [-0.39, 0.29) is 37.3 Å². The van der Waals surface area contributed by atoms with Gasteiger partial charge in [0, 0.05) is 24.8 Å². The van der Waals surface area contributed by atoms with E-state index in [1.165, 1.54) is 0 Å². The van der Waals surface area contributed by atoms with E-state index in [4.69, 9.17) is 41.3 Å². The van der Waals surface area contributed by atoms with Crippen LogP contribution in [0.4, 0.5) is 0 Å². The zero-order valence-electron chi connectivity index (χ0n) is 20.1. The van der Waals surface area contributed by atoms with Crippen LogP contribution in [-0.4, -0.2) is 24.8 Å². The van der Waals surface area contributed by atoms with Gasteiger partial charge in [-0.15, -0.1) is 23.2 Å². The molecule has 0 atom stereocenters. The van der Waals surface area contributed by atoms with E-state index in [2.05, 4.69) is 10.2 Å². The van der Waals surface area contributed by atoms with Crippen LogP contribution in [0, 0.1) is 0 Å². The van der Waals surface area contributed by atoms with Gasteiger partial charge in [-0.3, -0.25) is 13.6 Å². The normalized spacial score (nSPS) is 11.9. The van der Waals surface area contributed by atoms with Crippen molar-refractivity contribution >= 4 is 38.7 Å². The Morgan fingerprint density at radius 2 is 1.03 bits per heavy atom. The molecule has 37 heavy (non-hydrogen) atoms. The third-order valence-electron chi connectivity index (χ3n) is 4.85. The molecule has 0 fully saturated rings. The minimum atomic E-state index is -3.98. The summed E-state index contributed by atoms with van der Waals surface area (Å²) in [5, 5.41) is 5.57. The van der Waals surface area contributed by atoms with Gasteiger partial charge in [0.05, 0.1) is 19.8 Å². The van der Waals surface area contributed by atoms with Gasteiger partial charge < -0.3 is 9.05 Å². The second kappa shape index (κ2) is 15.6. The van der Waals surface area contributed by atoms with Gasteiger partial charge in [0.15, 0.2) is 0 Å². The lowest BCUT2D eigenvalue weighted by molar-refractivity contribution is 0.143. The smallest absolute Gasteiger partial charge is 0.404 e. The van der Waals surface area contributed by atoms with Gasteiger partial charge in [0.1, 0.15) is 5.75 Å². The second-order valence-electron chi connectivity index (χ2n) is 7.72. The molecule has 0 amide bonds. The average molecular weight is 587 g/mol. The van der Waals surface area contributed by atoms with Gasteiger partial charge in [0.2, 0.25) is 0 Å². The molecular weight excluding hydrogens is 557 g/mol. The van der Waals surface area contributed by atoms with Crippen LogP contribution >= 0.6 is 38.7 Å². The van der Waals surface area contributed by atoms with E-state index >= 15 is 0 Å². The molecule has 0 bridgehead atoms. The first kappa shape index (κ1) is 29.9. The summed E-state index contributed by atoms with van der Waals surface area (Å²) < 4.78 is 49.0. The van der Waals surface area contributed by atoms with Gasteiger partial charge in [-0.25, -0.2) is 14.7 Å². The van der Waals surface area contributed by atoms with E-state index in [0.29, 0.717) is 13.1 Å². The predicted molar refractivity (Wildman–Crippen MR) is 147 cm³/mol. The van der Waals surface area contributed by atoms with Crippen molar-refractivity contribution in [2.45, 2.75) is 19.8 Å². The molecule has 3 aromatic carbocycles. The summed E-state index contributed by atoms with van der Waals surface area (Å²) in [5.41, 5.74) is 2.38. The van der Waals surface area contributed by atoms with E-state index in [0.717, 1.165) is 16.7 Å². The number of hydrogen-bond donors (Lipinski definition) is 2. The molecule has 12 heteroatoms. The molecule has 0 saturated heterocycles. The van der Waals surface area contributed by atoms with Crippen LogP contribution in [0.15, 0.2) is 84.9 Å². The minimum absolute atomic E-state index is 0.0504. The van der Waals surface area contributed by atoms with Crippen molar-refractivity contribution in [2.75, 3.05) is 24.8 Å². The third-order valence-corrected chi connectivity index (χ3v) is 8.32. The molecule has 0 saturated carbocycles. The summed E-state index contributed by atoms with van der Waals surface area (Å²) in [6.45, 7) is 0.774. The summed E-state index contributed by atoms with van der Waals surface area (Å²) in [6, 6.07) is 25.3. The van der Waals surface area contributed by atoms with Crippen molar-refractivity contribution in [3.63, 3.8) is 0 Å². The maximum Gasteiger partial charge on any atom is 0.530 e. The Morgan fingerprint density at radius 3 is 1.49 bits per heavy atom. The van der Waals surface area contributed by atoms with Gasteiger partial charge in [-0.2, -0.15) is 0 Å².